The van der Waals surface area contributed by atoms with Crippen molar-refractivity contribution in [2.75, 3.05) is 19.7 Å². The smallest absolute Gasteiger partial charge is 0.677 e. The predicted molar refractivity (Wildman–Crippen MR) is 65.3 cm³/mol. The SMILES string of the molecule is C=CCCCNC(=O)[C@@H](CO)NC(=O)CC[NH-].[Rb+]. The number of nitrogens with one attached hydrogen (secondary N) is 3. The van der Waals surface area contributed by atoms with Crippen LogP contribution in [0, 0.1) is 0 Å². The summed E-state index contributed by atoms with van der Waals surface area (Å²) in [5, 5.41) is 14.0. The molecule has 0 bridgehead atoms. The first kappa shape index (κ1) is 20.7. The summed E-state index contributed by atoms with van der Waals surface area (Å²) in [4.78, 5) is 22.7. The maximum absolute atomic E-state index is 11.5. The number of carbonyl (C=O) groups excluding carboxylic acids is 2. The van der Waals surface area contributed by atoms with E-state index in [4.69, 9.17) is 10.8 Å². The third-order valence-electron chi connectivity index (χ3n) is 2.07. The van der Waals surface area contributed by atoms with Crippen LogP contribution in [0.25, 0.3) is 5.73 Å². The molecule has 0 aromatic heterocycles. The number of hydrogen-bond acceptors (Lipinski definition) is 3. The van der Waals surface area contributed by atoms with Crippen LogP contribution in [0.3, 0.4) is 0 Å². The molecule has 6 nitrogen and oxygen atoms in total. The Bertz CT molecular complexity index is 262. The number of rotatable bonds is 9. The van der Waals surface area contributed by atoms with Gasteiger partial charge in [-0.2, -0.15) is 0 Å². The molecule has 0 fully saturated rings. The van der Waals surface area contributed by atoms with Gasteiger partial charge < -0.3 is 21.5 Å². The van der Waals surface area contributed by atoms with Crippen molar-refractivity contribution < 1.29 is 72.9 Å². The minimum Gasteiger partial charge on any atom is -0.677 e. The quantitative estimate of drug-likeness (QED) is 0.310. The van der Waals surface area contributed by atoms with Crippen LogP contribution in [-0.4, -0.2) is 42.7 Å². The summed E-state index contributed by atoms with van der Waals surface area (Å²) in [6, 6.07) is -0.933. The average Bonchev–Trinajstić information content (AvgIpc) is 2.31. The number of aliphatic hydroxyl groups is 1. The molecule has 0 aliphatic carbocycles. The van der Waals surface area contributed by atoms with Crippen LogP contribution in [0.15, 0.2) is 12.7 Å². The minimum atomic E-state index is -0.933. The molecule has 0 aliphatic rings. The molecule has 18 heavy (non-hydrogen) atoms. The summed E-state index contributed by atoms with van der Waals surface area (Å²) < 4.78 is 0. The number of allylic oxidation sites excluding steroid dienone is 1. The van der Waals surface area contributed by atoms with E-state index in [0.29, 0.717) is 6.54 Å². The molecule has 0 aromatic rings. The van der Waals surface area contributed by atoms with Crippen molar-refractivity contribution in [3.8, 4) is 0 Å². The molecule has 0 rings (SSSR count). The molecule has 0 saturated heterocycles. The summed E-state index contributed by atoms with van der Waals surface area (Å²) in [7, 11) is 0. The fourth-order valence-corrected chi connectivity index (χ4v) is 1.16. The molecular weight excluding hydrogens is 308 g/mol. The third-order valence-corrected chi connectivity index (χ3v) is 2.07. The maximum atomic E-state index is 11.5. The molecule has 0 aliphatic heterocycles. The summed E-state index contributed by atoms with van der Waals surface area (Å²) in [5.74, 6) is -0.810. The Labute approximate surface area is 157 Å². The summed E-state index contributed by atoms with van der Waals surface area (Å²) in [6.07, 6.45) is 3.36. The first-order valence-electron chi connectivity index (χ1n) is 5.59. The zero-order valence-electron chi connectivity index (χ0n) is 10.9. The van der Waals surface area contributed by atoms with Gasteiger partial charge in [0, 0.05) is 13.0 Å². The van der Waals surface area contributed by atoms with Crippen molar-refractivity contribution in [1.82, 2.24) is 10.6 Å². The zero-order valence-corrected chi connectivity index (χ0v) is 15.8. The van der Waals surface area contributed by atoms with Crippen LogP contribution in [0.5, 0.6) is 0 Å². The molecule has 98 valence electrons. The molecule has 0 spiro atoms. The maximum Gasteiger partial charge on any atom is 1.00 e. The first-order valence-corrected chi connectivity index (χ1v) is 5.59. The van der Waals surface area contributed by atoms with Crippen LogP contribution >= 0.6 is 0 Å². The Balaban J connectivity index is 0. The van der Waals surface area contributed by atoms with Gasteiger partial charge >= 0.3 is 58.2 Å². The van der Waals surface area contributed by atoms with E-state index in [2.05, 4.69) is 17.2 Å². The van der Waals surface area contributed by atoms with E-state index in [9.17, 15) is 9.59 Å². The Hall–Kier alpha value is 0.405. The number of unbranched alkanes of at least 4 members (excludes halogenated alkanes) is 1. The molecule has 0 aromatic carbocycles. The van der Waals surface area contributed by atoms with Gasteiger partial charge in [0.2, 0.25) is 11.8 Å². The molecule has 0 radical (unpaired) electrons. The van der Waals surface area contributed by atoms with Gasteiger partial charge in [0.05, 0.1) is 6.61 Å². The molecule has 0 heterocycles. The van der Waals surface area contributed by atoms with Gasteiger partial charge in [0.25, 0.3) is 0 Å². The van der Waals surface area contributed by atoms with Gasteiger partial charge in [0.15, 0.2) is 0 Å². The number of amides is 2. The van der Waals surface area contributed by atoms with Crippen LogP contribution in [0.2, 0.25) is 0 Å². The fourth-order valence-electron chi connectivity index (χ4n) is 1.16. The largest absolute Gasteiger partial charge is 1.00 e. The molecular formula is C11H20N3O3Rb. The van der Waals surface area contributed by atoms with Gasteiger partial charge in [-0.15, -0.1) is 13.1 Å². The van der Waals surface area contributed by atoms with Gasteiger partial charge in [0.1, 0.15) is 6.04 Å². The van der Waals surface area contributed by atoms with Crippen LogP contribution < -0.4 is 68.8 Å². The van der Waals surface area contributed by atoms with Crippen molar-refractivity contribution in [1.29, 1.82) is 0 Å². The first-order chi connectivity index (χ1) is 8.15. The summed E-state index contributed by atoms with van der Waals surface area (Å²) in [5.41, 5.74) is 6.87. The molecule has 7 heteroatoms. The van der Waals surface area contributed by atoms with Gasteiger partial charge in [-0.25, -0.2) is 0 Å². The average molecular weight is 328 g/mol. The third kappa shape index (κ3) is 10.3. The van der Waals surface area contributed by atoms with Gasteiger partial charge in [-0.05, 0) is 12.8 Å². The van der Waals surface area contributed by atoms with E-state index in [1.54, 1.807) is 6.08 Å². The van der Waals surface area contributed by atoms with Crippen molar-refractivity contribution in [3.63, 3.8) is 0 Å². The minimum absolute atomic E-state index is 0. The van der Waals surface area contributed by atoms with Crippen LogP contribution in [0.1, 0.15) is 19.3 Å². The second kappa shape index (κ2) is 13.8. The summed E-state index contributed by atoms with van der Waals surface area (Å²) >= 11 is 0. The van der Waals surface area contributed by atoms with E-state index in [1.165, 1.54) is 0 Å². The second-order valence-electron chi connectivity index (χ2n) is 3.52. The standard InChI is InChI=1S/C11H20N3O3.Rb/c1-2-3-4-7-13-11(17)9(8-15)14-10(16)5-6-12;/h2,9,12,15H,1,3-8H2,(H,13,17)(H,14,16);/q-1;+1/t9-;/m1./s1. The van der Waals surface area contributed by atoms with E-state index in [1.807, 2.05) is 0 Å². The number of carbonyl (C=O) groups is 2. The topological polar surface area (TPSA) is 102 Å². The van der Waals surface area contributed by atoms with Crippen LogP contribution in [0.4, 0.5) is 0 Å². The van der Waals surface area contributed by atoms with Crippen molar-refractivity contribution in [2.24, 2.45) is 0 Å². The second-order valence-corrected chi connectivity index (χ2v) is 3.52. The van der Waals surface area contributed by atoms with Crippen LogP contribution in [-0.2, 0) is 9.59 Å². The van der Waals surface area contributed by atoms with Gasteiger partial charge in [-0.3, -0.25) is 9.59 Å². The van der Waals surface area contributed by atoms with Gasteiger partial charge in [-0.1, -0.05) is 6.08 Å². The molecule has 4 N–H and O–H groups in total. The normalized spacial score (nSPS) is 11.0. The molecule has 1 atom stereocenters. The van der Waals surface area contributed by atoms with Crippen molar-refractivity contribution >= 4 is 11.8 Å². The molecule has 2 amide bonds. The number of aliphatic hydroxyl groups excluding tert-OH is 1. The van der Waals surface area contributed by atoms with E-state index in [-0.39, 0.29) is 71.2 Å². The van der Waals surface area contributed by atoms with Crippen molar-refractivity contribution in [2.45, 2.75) is 25.3 Å². The molecule has 0 saturated carbocycles. The molecule has 0 unspecified atom stereocenters. The number of hydrogen-bond donors (Lipinski definition) is 3. The monoisotopic (exact) mass is 327 g/mol. The summed E-state index contributed by atoms with van der Waals surface area (Å²) in [6.45, 7) is 3.56. The van der Waals surface area contributed by atoms with E-state index < -0.39 is 24.5 Å². The zero-order chi connectivity index (χ0) is 13.1. The Kier molecular flexibility index (Phi) is 15.9. The predicted octanol–water partition coefficient (Wildman–Crippen LogP) is -3.01. The Morgan fingerprint density at radius 3 is 2.61 bits per heavy atom. The fraction of sp³-hybridized carbons (Fsp3) is 0.636. The van der Waals surface area contributed by atoms with E-state index in [0.717, 1.165) is 12.8 Å². The van der Waals surface area contributed by atoms with Crippen molar-refractivity contribution in [3.05, 3.63) is 18.4 Å². The Morgan fingerprint density at radius 2 is 2.11 bits per heavy atom. The Morgan fingerprint density at radius 1 is 1.44 bits per heavy atom. The van der Waals surface area contributed by atoms with E-state index >= 15 is 0 Å².